The third kappa shape index (κ3) is 8.59. The summed E-state index contributed by atoms with van der Waals surface area (Å²) in [5, 5.41) is 6.76. The van der Waals surface area contributed by atoms with Crippen molar-refractivity contribution >= 4 is 45.0 Å². The molecule has 5 rings (SSSR count). The van der Waals surface area contributed by atoms with E-state index in [9.17, 15) is 0 Å². The first-order chi connectivity index (χ1) is 23.4. The van der Waals surface area contributed by atoms with E-state index >= 15 is 0 Å². The molecule has 0 saturated heterocycles. The summed E-state index contributed by atoms with van der Waals surface area (Å²) in [5.41, 5.74) is 6.93. The summed E-state index contributed by atoms with van der Waals surface area (Å²) in [6, 6.07) is 40.5. The molecular formula is C40H51ClN5OP. The van der Waals surface area contributed by atoms with E-state index in [1.165, 1.54) is 60.9 Å². The number of ether oxygens (including phenoxy) is 1. The van der Waals surface area contributed by atoms with Crippen LogP contribution in [0.2, 0.25) is 0 Å². The Balaban J connectivity index is 1.02. The van der Waals surface area contributed by atoms with Crippen LogP contribution in [0.1, 0.15) is 69.5 Å². The maximum absolute atomic E-state index is 8.20. The van der Waals surface area contributed by atoms with Crippen LogP contribution in [0, 0.1) is 0 Å². The molecule has 0 radical (unpaired) electrons. The van der Waals surface area contributed by atoms with Crippen LogP contribution >= 0.6 is 17.2 Å². The average Bonchev–Trinajstić information content (AvgIpc) is 3.13. The van der Waals surface area contributed by atoms with Crippen molar-refractivity contribution in [2.75, 3.05) is 26.9 Å². The van der Waals surface area contributed by atoms with Crippen LogP contribution in [-0.2, 0) is 0 Å². The number of nitrogens with one attached hydrogen (secondary N) is 1. The molecule has 0 fully saturated rings. The van der Waals surface area contributed by atoms with Crippen LogP contribution in [0.15, 0.2) is 125 Å². The number of benzene rings is 4. The van der Waals surface area contributed by atoms with Gasteiger partial charge in [-0.3, -0.25) is 5.32 Å². The first-order valence-electron chi connectivity index (χ1n) is 17.4. The number of nitrogens with zero attached hydrogens (tertiary/aromatic N) is 3. The van der Waals surface area contributed by atoms with Crippen LogP contribution in [0.3, 0.4) is 0 Å². The summed E-state index contributed by atoms with van der Waals surface area (Å²) in [4.78, 5) is 10.9. The van der Waals surface area contributed by atoms with Crippen LogP contribution in [0.4, 0.5) is 0 Å². The molecule has 6 nitrogen and oxygen atoms in total. The maximum atomic E-state index is 8.20. The van der Waals surface area contributed by atoms with Gasteiger partial charge >= 0.3 is 199 Å². The Morgan fingerprint density at radius 1 is 0.646 bits per heavy atom. The van der Waals surface area contributed by atoms with Gasteiger partial charge in [0.05, 0.1) is 0 Å². The number of guanidine groups is 2. The smallest absolute Gasteiger partial charge is 0.197 e. The maximum Gasteiger partial charge on any atom is 0.197 e. The standard InChI is InChI=1S/C40H51ClN5OP/c1-46(2)40-44-38(43-39(42)45-40)33-27-29-34(30-28-33)47-31-19-8-6-4-3-5-7-9-20-32-48(41,35-21-13-10-14-22-35,36-23-15-11-16-24-36)37-25-17-12-18-26-37/h10-18,21-30,38H,3-9,19-20,31-32H2,1-2H3,(H3,42,43,44,45). The van der Waals surface area contributed by atoms with Gasteiger partial charge in [0.25, 0.3) is 0 Å². The van der Waals surface area contributed by atoms with Crippen molar-refractivity contribution < 1.29 is 4.74 Å². The van der Waals surface area contributed by atoms with E-state index in [-0.39, 0.29) is 6.17 Å². The summed E-state index contributed by atoms with van der Waals surface area (Å²) < 4.78 is 6.01. The van der Waals surface area contributed by atoms with Crippen molar-refractivity contribution in [3.05, 3.63) is 121 Å². The van der Waals surface area contributed by atoms with E-state index < -0.39 is 5.96 Å². The fraction of sp³-hybridized carbons (Fsp3) is 0.350. The van der Waals surface area contributed by atoms with Gasteiger partial charge in [-0.05, 0) is 17.7 Å². The number of unbranched alkanes of at least 4 members (excludes halogenated alkanes) is 8. The Labute approximate surface area is 292 Å². The molecule has 0 aromatic heterocycles. The monoisotopic (exact) mass is 683 g/mol. The van der Waals surface area contributed by atoms with Gasteiger partial charge in [-0.2, -0.15) is 0 Å². The molecule has 4 aromatic carbocycles. The van der Waals surface area contributed by atoms with Gasteiger partial charge in [0.1, 0.15) is 5.75 Å². The fourth-order valence-corrected chi connectivity index (χ4v) is 12.8. The average molecular weight is 684 g/mol. The van der Waals surface area contributed by atoms with Gasteiger partial charge in [0.15, 0.2) is 12.1 Å². The molecule has 1 aliphatic rings. The second kappa shape index (κ2) is 17.0. The zero-order chi connectivity index (χ0) is 33.7. The Bertz CT molecular complexity index is 1510. The Morgan fingerprint density at radius 2 is 1.10 bits per heavy atom. The van der Waals surface area contributed by atoms with E-state index in [0.29, 0.717) is 11.9 Å². The molecule has 0 amide bonds. The minimum Gasteiger partial charge on any atom is -0.370 e. The second-order valence-electron chi connectivity index (χ2n) is 12.9. The van der Waals surface area contributed by atoms with Crippen molar-refractivity contribution in [2.24, 2.45) is 15.7 Å². The molecule has 0 bridgehead atoms. The summed E-state index contributed by atoms with van der Waals surface area (Å²) in [6.45, 7) is 0.732. The molecule has 0 aliphatic carbocycles. The van der Waals surface area contributed by atoms with Gasteiger partial charge in [-0.1, -0.05) is 12.1 Å². The molecule has 0 saturated carbocycles. The number of hydrogen-bond acceptors (Lipinski definition) is 6. The predicted octanol–water partition coefficient (Wildman–Crippen LogP) is 8.09. The number of rotatable bonds is 17. The zero-order valence-electron chi connectivity index (χ0n) is 28.5. The third-order valence-electron chi connectivity index (χ3n) is 9.22. The first-order valence-corrected chi connectivity index (χ1v) is 20.7. The van der Waals surface area contributed by atoms with Crippen molar-refractivity contribution in [1.82, 2.24) is 10.2 Å². The number of hydrogen-bond donors (Lipinski definition) is 2. The van der Waals surface area contributed by atoms with Gasteiger partial charge in [0, 0.05) is 14.1 Å². The summed E-state index contributed by atoms with van der Waals surface area (Å²) >= 11 is 8.20. The van der Waals surface area contributed by atoms with Crippen LogP contribution < -0.4 is 31.7 Å². The molecule has 254 valence electrons. The third-order valence-corrected chi connectivity index (χ3v) is 16.8. The van der Waals surface area contributed by atoms with E-state index in [1.807, 2.05) is 43.3 Å². The Kier molecular flexibility index (Phi) is 12.6. The van der Waals surface area contributed by atoms with Gasteiger partial charge in [-0.15, -0.1) is 0 Å². The summed E-state index contributed by atoms with van der Waals surface area (Å²) in [6.07, 6.45) is 11.5. The molecule has 48 heavy (non-hydrogen) atoms. The molecule has 3 N–H and O–H groups in total. The van der Waals surface area contributed by atoms with Crippen molar-refractivity contribution in [3.63, 3.8) is 0 Å². The predicted molar refractivity (Wildman–Crippen MR) is 208 cm³/mol. The minimum absolute atomic E-state index is 0.345. The number of aliphatic imine (C=N–C) groups is 2. The van der Waals surface area contributed by atoms with E-state index in [4.69, 9.17) is 21.7 Å². The Hall–Kier alpha value is -3.86. The van der Waals surface area contributed by atoms with Crippen molar-refractivity contribution in [2.45, 2.75) is 64.0 Å². The second-order valence-corrected chi connectivity index (χ2v) is 19.5. The van der Waals surface area contributed by atoms with E-state index in [0.717, 1.165) is 36.9 Å². The molecule has 8 heteroatoms. The number of nitrogens with two attached hydrogens (primary N) is 1. The molecule has 1 atom stereocenters. The van der Waals surface area contributed by atoms with Crippen LogP contribution in [0.5, 0.6) is 5.75 Å². The van der Waals surface area contributed by atoms with Crippen LogP contribution in [-0.4, -0.2) is 43.7 Å². The fourth-order valence-electron chi connectivity index (χ4n) is 6.56. The molecule has 0 spiro atoms. The van der Waals surface area contributed by atoms with Gasteiger partial charge in [-0.25, -0.2) is 9.98 Å². The quantitative estimate of drug-likeness (QED) is 0.0872. The van der Waals surface area contributed by atoms with Crippen molar-refractivity contribution in [1.29, 1.82) is 0 Å². The molecule has 1 heterocycles. The molecule has 4 aromatic rings. The van der Waals surface area contributed by atoms with Crippen LogP contribution in [0.25, 0.3) is 0 Å². The topological polar surface area (TPSA) is 75.2 Å². The summed E-state index contributed by atoms with van der Waals surface area (Å²) in [5.74, 6) is -1.19. The normalized spacial score (nSPS) is 15.4. The Morgan fingerprint density at radius 3 is 1.58 bits per heavy atom. The number of halogens is 1. The van der Waals surface area contributed by atoms with Crippen molar-refractivity contribution in [3.8, 4) is 5.75 Å². The first kappa shape index (κ1) is 35.4. The summed E-state index contributed by atoms with van der Waals surface area (Å²) in [7, 11) is 3.85. The van der Waals surface area contributed by atoms with Gasteiger partial charge < -0.3 is 10.6 Å². The minimum atomic E-state index is -3.14. The van der Waals surface area contributed by atoms with E-state index in [2.05, 4.69) is 106 Å². The molecular weight excluding hydrogens is 633 g/mol. The zero-order valence-corrected chi connectivity index (χ0v) is 30.1. The molecule has 1 unspecified atom stereocenters. The van der Waals surface area contributed by atoms with Gasteiger partial charge in [0.2, 0.25) is 5.96 Å². The van der Waals surface area contributed by atoms with E-state index in [1.54, 1.807) is 0 Å². The molecule has 1 aliphatic heterocycles. The SMILES string of the molecule is CN(C)C1=NC(c2ccc(OCCCCCCCCCCCP(Cl)(c3ccccc3)(c3ccccc3)c3ccccc3)cc2)N=C(N)N1. The largest absolute Gasteiger partial charge is 0.370 e.